The van der Waals surface area contributed by atoms with Gasteiger partial charge in [0.2, 0.25) is 5.43 Å². The minimum absolute atomic E-state index is 0.0162. The summed E-state index contributed by atoms with van der Waals surface area (Å²) in [6, 6.07) is 15.2. The van der Waals surface area contributed by atoms with Crippen molar-refractivity contribution in [2.45, 2.75) is 13.3 Å². The van der Waals surface area contributed by atoms with Crippen LogP contribution >= 0.6 is 0 Å². The van der Waals surface area contributed by atoms with E-state index in [0.717, 1.165) is 11.1 Å². The summed E-state index contributed by atoms with van der Waals surface area (Å²) >= 11 is 0. The fourth-order valence-corrected chi connectivity index (χ4v) is 3.70. The van der Waals surface area contributed by atoms with Gasteiger partial charge in [-0.05, 0) is 17.7 Å². The summed E-state index contributed by atoms with van der Waals surface area (Å²) in [5, 5.41) is 4.64. The zero-order valence-electron chi connectivity index (χ0n) is 20.3. The molecule has 3 aromatic heterocycles. The number of fused-ring (bicyclic) bond motifs is 1. The van der Waals surface area contributed by atoms with Crippen LogP contribution < -0.4 is 16.9 Å². The Hall–Kier alpha value is -5.23. The standard InChI is InChI=1S/C23H18N2O2.C5H6N4O/c1-3-19-21(17-8-5-4-6-9-17)23(26)22-18(10-7-11-20(22)27-19)13-12-16-14-24-25(2)15-16;6-4-3(5(7)10)8-1-2-9-4/h4-11,14-15H,3H2,1-2H3;1-2H,(H2,6,9)(H2,7,10). The Balaban J connectivity index is 0.000000270. The summed E-state index contributed by atoms with van der Waals surface area (Å²) in [6.45, 7) is 1.99. The molecule has 0 saturated heterocycles. The molecule has 1 amide bonds. The third kappa shape index (κ3) is 5.55. The largest absolute Gasteiger partial charge is 0.460 e. The number of primary amides is 1. The molecule has 4 N–H and O–H groups in total. The van der Waals surface area contributed by atoms with Crippen molar-refractivity contribution in [3.05, 3.63) is 106 Å². The van der Waals surface area contributed by atoms with E-state index in [4.69, 9.17) is 15.9 Å². The number of amides is 1. The van der Waals surface area contributed by atoms with Crippen LogP contribution in [-0.4, -0.2) is 25.7 Å². The number of aryl methyl sites for hydroxylation is 2. The van der Waals surface area contributed by atoms with Gasteiger partial charge in [0.1, 0.15) is 11.3 Å². The number of rotatable bonds is 3. The molecule has 0 fully saturated rings. The maximum Gasteiger partial charge on any atom is 0.271 e. The van der Waals surface area contributed by atoms with E-state index in [1.165, 1.54) is 12.4 Å². The van der Waals surface area contributed by atoms with E-state index < -0.39 is 5.91 Å². The lowest BCUT2D eigenvalue weighted by Crippen LogP contribution is -2.16. The van der Waals surface area contributed by atoms with Gasteiger partial charge in [-0.15, -0.1) is 0 Å². The lowest BCUT2D eigenvalue weighted by atomic mass is 9.99. The summed E-state index contributed by atoms with van der Waals surface area (Å²) in [4.78, 5) is 31.1. The van der Waals surface area contributed by atoms with E-state index in [-0.39, 0.29) is 16.9 Å². The van der Waals surface area contributed by atoms with Gasteiger partial charge >= 0.3 is 0 Å². The molecular weight excluding hydrogens is 468 g/mol. The molecule has 0 bridgehead atoms. The van der Waals surface area contributed by atoms with Gasteiger partial charge in [0.25, 0.3) is 5.91 Å². The predicted octanol–water partition coefficient (Wildman–Crippen LogP) is 3.31. The molecule has 0 aliphatic rings. The average Bonchev–Trinajstić information content (AvgIpc) is 3.33. The fourth-order valence-electron chi connectivity index (χ4n) is 3.70. The van der Waals surface area contributed by atoms with Gasteiger partial charge < -0.3 is 15.9 Å². The molecule has 0 saturated carbocycles. The maximum atomic E-state index is 13.4. The lowest BCUT2D eigenvalue weighted by molar-refractivity contribution is 0.0996. The van der Waals surface area contributed by atoms with E-state index in [1.54, 1.807) is 10.9 Å². The fraction of sp³-hybridized carbons (Fsp3) is 0.107. The third-order valence-electron chi connectivity index (χ3n) is 5.38. The van der Waals surface area contributed by atoms with Crippen LogP contribution in [0.5, 0.6) is 0 Å². The topological polar surface area (TPSA) is 143 Å². The van der Waals surface area contributed by atoms with E-state index in [0.29, 0.717) is 34.3 Å². The Labute approximate surface area is 212 Å². The summed E-state index contributed by atoms with van der Waals surface area (Å²) in [5.74, 6) is 6.28. The lowest BCUT2D eigenvalue weighted by Gasteiger charge is -2.09. The zero-order valence-corrected chi connectivity index (χ0v) is 20.3. The van der Waals surface area contributed by atoms with Crippen LogP contribution in [0.3, 0.4) is 0 Å². The number of hydrogen-bond acceptors (Lipinski definition) is 7. The Morgan fingerprint density at radius 3 is 2.43 bits per heavy atom. The molecule has 5 rings (SSSR count). The highest BCUT2D eigenvalue weighted by atomic mass is 16.3. The summed E-state index contributed by atoms with van der Waals surface area (Å²) < 4.78 is 7.79. The first-order valence-corrected chi connectivity index (χ1v) is 11.4. The van der Waals surface area contributed by atoms with Gasteiger partial charge in [-0.2, -0.15) is 5.10 Å². The molecule has 0 aliphatic carbocycles. The van der Waals surface area contributed by atoms with Crippen molar-refractivity contribution in [3.63, 3.8) is 0 Å². The van der Waals surface area contributed by atoms with Gasteiger partial charge in [0, 0.05) is 37.6 Å². The van der Waals surface area contributed by atoms with E-state index in [2.05, 4.69) is 26.9 Å². The first-order valence-electron chi connectivity index (χ1n) is 11.4. The second-order valence-electron chi connectivity index (χ2n) is 7.93. The number of carbonyl (C=O) groups excluding carboxylic acids is 1. The number of aromatic nitrogens is 4. The van der Waals surface area contributed by atoms with Crippen molar-refractivity contribution in [2.24, 2.45) is 12.8 Å². The second-order valence-corrected chi connectivity index (χ2v) is 7.93. The minimum Gasteiger partial charge on any atom is -0.460 e. The van der Waals surface area contributed by atoms with Crippen LogP contribution in [0, 0.1) is 11.8 Å². The van der Waals surface area contributed by atoms with Gasteiger partial charge in [0.05, 0.1) is 22.7 Å². The molecule has 0 aliphatic heterocycles. The smallest absolute Gasteiger partial charge is 0.271 e. The van der Waals surface area contributed by atoms with Gasteiger partial charge in [-0.25, -0.2) is 9.97 Å². The molecule has 184 valence electrons. The molecule has 0 radical (unpaired) electrons. The summed E-state index contributed by atoms with van der Waals surface area (Å²) in [6.07, 6.45) is 6.93. The Morgan fingerprint density at radius 2 is 1.81 bits per heavy atom. The Kier molecular flexibility index (Phi) is 7.40. The molecule has 37 heavy (non-hydrogen) atoms. The number of anilines is 1. The van der Waals surface area contributed by atoms with Crippen molar-refractivity contribution < 1.29 is 9.21 Å². The predicted molar refractivity (Wildman–Crippen MR) is 141 cm³/mol. The Bertz CT molecular complexity index is 1690. The molecule has 5 aromatic rings. The molecule has 9 heteroatoms. The monoisotopic (exact) mass is 492 g/mol. The average molecular weight is 493 g/mol. The van der Waals surface area contributed by atoms with E-state index >= 15 is 0 Å². The summed E-state index contributed by atoms with van der Waals surface area (Å²) in [5.41, 5.74) is 13.6. The molecule has 0 atom stereocenters. The number of hydrogen-bond donors (Lipinski definition) is 2. The highest BCUT2D eigenvalue weighted by molar-refractivity contribution is 5.94. The molecule has 0 unspecified atom stereocenters. The second kappa shape index (κ2) is 11.0. The Morgan fingerprint density at radius 1 is 1.05 bits per heavy atom. The summed E-state index contributed by atoms with van der Waals surface area (Å²) in [7, 11) is 1.84. The van der Waals surface area contributed by atoms with Crippen molar-refractivity contribution in [3.8, 4) is 23.0 Å². The number of nitrogens with zero attached hydrogens (tertiary/aromatic N) is 4. The van der Waals surface area contributed by atoms with Crippen LogP contribution in [-0.2, 0) is 13.5 Å². The van der Waals surface area contributed by atoms with E-state index in [9.17, 15) is 9.59 Å². The van der Waals surface area contributed by atoms with Crippen LogP contribution in [0.25, 0.3) is 22.1 Å². The number of carbonyl (C=O) groups is 1. The normalized spacial score (nSPS) is 10.2. The first kappa shape index (κ1) is 24.9. The molecule has 2 aromatic carbocycles. The van der Waals surface area contributed by atoms with Crippen molar-refractivity contribution >= 4 is 22.7 Å². The molecule has 3 heterocycles. The highest BCUT2D eigenvalue weighted by Crippen LogP contribution is 2.26. The van der Waals surface area contributed by atoms with Crippen LogP contribution in [0.4, 0.5) is 5.82 Å². The molecule has 0 spiro atoms. The maximum absolute atomic E-state index is 13.4. The number of nitrogens with two attached hydrogens (primary N) is 2. The van der Waals surface area contributed by atoms with Gasteiger partial charge in [-0.3, -0.25) is 14.3 Å². The third-order valence-corrected chi connectivity index (χ3v) is 5.38. The number of benzene rings is 2. The van der Waals surface area contributed by atoms with Gasteiger partial charge in [-0.1, -0.05) is 55.2 Å². The van der Waals surface area contributed by atoms with E-state index in [1.807, 2.05) is 68.7 Å². The SMILES string of the molecule is CCc1oc2cccc(C#Cc3cnn(C)c3)c2c(=O)c1-c1ccccc1.NC(=O)c1nccnc1N. The van der Waals surface area contributed by atoms with Crippen molar-refractivity contribution in [1.82, 2.24) is 19.7 Å². The zero-order chi connectivity index (χ0) is 26.4. The van der Waals surface area contributed by atoms with Crippen LogP contribution in [0.15, 0.2) is 82.5 Å². The quantitative estimate of drug-likeness (QED) is 0.368. The van der Waals surface area contributed by atoms with Crippen LogP contribution in [0.1, 0.15) is 34.3 Å². The minimum atomic E-state index is -0.661. The molecular formula is C28H24N6O3. The highest BCUT2D eigenvalue weighted by Gasteiger charge is 2.16. The molecule has 9 nitrogen and oxygen atoms in total. The number of nitrogen functional groups attached to an aromatic ring is 1. The van der Waals surface area contributed by atoms with Crippen molar-refractivity contribution in [2.75, 3.05) is 5.73 Å². The first-order chi connectivity index (χ1) is 17.9. The van der Waals surface area contributed by atoms with Crippen LogP contribution in [0.2, 0.25) is 0 Å². The van der Waals surface area contributed by atoms with Crippen molar-refractivity contribution in [1.29, 1.82) is 0 Å². The van der Waals surface area contributed by atoms with Gasteiger partial charge in [0.15, 0.2) is 11.5 Å².